The summed E-state index contributed by atoms with van der Waals surface area (Å²) in [6.45, 7) is 0. The molecule has 0 atom stereocenters. The van der Waals surface area contributed by atoms with E-state index in [1.165, 1.54) is 47.7 Å². The number of carbonyl (C=O) groups is 3. The van der Waals surface area contributed by atoms with Gasteiger partial charge < -0.3 is 0 Å². The zero-order valence-electron chi connectivity index (χ0n) is 16.0. The van der Waals surface area contributed by atoms with Crippen LogP contribution in [0.1, 0.15) is 31.1 Å². The summed E-state index contributed by atoms with van der Waals surface area (Å²) in [4.78, 5) is 41.5. The third kappa shape index (κ3) is 4.62. The fourth-order valence-electron chi connectivity index (χ4n) is 2.88. The quantitative estimate of drug-likeness (QED) is 0.334. The van der Waals surface area contributed by atoms with Gasteiger partial charge in [0.15, 0.2) is 5.13 Å². The van der Waals surface area contributed by atoms with Crippen LogP contribution in [0.15, 0.2) is 84.2 Å². The van der Waals surface area contributed by atoms with Crippen molar-refractivity contribution in [2.75, 3.05) is 5.32 Å². The maximum absolute atomic E-state index is 13.1. The average Bonchev–Trinajstić information content (AvgIpc) is 3.27. The lowest BCUT2D eigenvalue weighted by Crippen LogP contribution is -2.15. The number of Topliss-reactive ketones (excluding diaryl/α,β-unsaturated/α-hetero) is 2. The van der Waals surface area contributed by atoms with E-state index in [9.17, 15) is 18.8 Å². The van der Waals surface area contributed by atoms with E-state index < -0.39 is 17.5 Å². The number of halogens is 1. The van der Waals surface area contributed by atoms with Crippen LogP contribution in [0.2, 0.25) is 0 Å². The maximum Gasteiger partial charge on any atom is 0.257 e. The minimum absolute atomic E-state index is 0.207. The van der Waals surface area contributed by atoms with Crippen LogP contribution >= 0.6 is 11.3 Å². The molecule has 0 spiro atoms. The Morgan fingerprint density at radius 2 is 1.32 bits per heavy atom. The number of amides is 1. The highest BCUT2D eigenvalue weighted by Gasteiger charge is 2.18. The third-order valence-corrected chi connectivity index (χ3v) is 5.27. The highest BCUT2D eigenvalue weighted by atomic mass is 32.1. The van der Waals surface area contributed by atoms with Gasteiger partial charge in [-0.2, -0.15) is 0 Å². The molecule has 1 N–H and O–H groups in total. The van der Waals surface area contributed by atoms with E-state index >= 15 is 0 Å². The van der Waals surface area contributed by atoms with Crippen molar-refractivity contribution in [1.29, 1.82) is 0 Å². The van der Waals surface area contributed by atoms with Crippen molar-refractivity contribution in [2.45, 2.75) is 0 Å². The minimum Gasteiger partial charge on any atom is -0.298 e. The number of nitrogens with one attached hydrogen (secondary N) is 1. The van der Waals surface area contributed by atoms with Crippen LogP contribution in [0.4, 0.5) is 9.52 Å². The van der Waals surface area contributed by atoms with Gasteiger partial charge in [-0.3, -0.25) is 19.7 Å². The van der Waals surface area contributed by atoms with Gasteiger partial charge in [-0.25, -0.2) is 9.37 Å². The molecule has 0 saturated heterocycles. The Hall–Kier alpha value is -3.97. The van der Waals surface area contributed by atoms with Crippen LogP contribution in [-0.2, 0) is 0 Å². The number of nitrogens with zero attached hydrogens (tertiary/aromatic N) is 1. The molecule has 7 heteroatoms. The van der Waals surface area contributed by atoms with Gasteiger partial charge in [0.25, 0.3) is 5.91 Å². The summed E-state index contributed by atoms with van der Waals surface area (Å²) in [6, 6.07) is 20.1. The Morgan fingerprint density at radius 1 is 0.742 bits per heavy atom. The molecule has 0 aliphatic rings. The predicted octanol–water partition coefficient (Wildman–Crippen LogP) is 5.27. The fraction of sp³-hybridized carbons (Fsp3) is 0. The molecule has 0 radical (unpaired) electrons. The van der Waals surface area contributed by atoms with Crippen molar-refractivity contribution in [1.82, 2.24) is 4.98 Å². The van der Waals surface area contributed by atoms with Crippen molar-refractivity contribution in [3.63, 3.8) is 0 Å². The van der Waals surface area contributed by atoms with Crippen molar-refractivity contribution >= 4 is 33.9 Å². The van der Waals surface area contributed by atoms with Crippen LogP contribution in [0, 0.1) is 5.82 Å². The van der Waals surface area contributed by atoms with Gasteiger partial charge in [0, 0.05) is 27.6 Å². The molecule has 0 saturated carbocycles. The summed E-state index contributed by atoms with van der Waals surface area (Å²) in [5.74, 6) is -1.97. The Bertz CT molecular complexity index is 1250. The largest absolute Gasteiger partial charge is 0.298 e. The van der Waals surface area contributed by atoms with Gasteiger partial charge in [0.2, 0.25) is 11.6 Å². The van der Waals surface area contributed by atoms with Crippen LogP contribution in [0.3, 0.4) is 0 Å². The predicted molar refractivity (Wildman–Crippen MR) is 117 cm³/mol. The molecular formula is C24H15FN2O3S. The molecule has 1 heterocycles. The summed E-state index contributed by atoms with van der Waals surface area (Å²) in [6.07, 6.45) is 0. The Morgan fingerprint density at radius 3 is 1.97 bits per heavy atom. The molecule has 31 heavy (non-hydrogen) atoms. The monoisotopic (exact) mass is 430 g/mol. The van der Waals surface area contributed by atoms with E-state index in [1.807, 2.05) is 0 Å². The van der Waals surface area contributed by atoms with Crippen molar-refractivity contribution in [3.8, 4) is 11.3 Å². The number of hydrogen-bond acceptors (Lipinski definition) is 5. The molecule has 5 nitrogen and oxygen atoms in total. The summed E-state index contributed by atoms with van der Waals surface area (Å²) >= 11 is 1.25. The molecule has 0 bridgehead atoms. The first-order valence-electron chi connectivity index (χ1n) is 9.28. The third-order valence-electron chi connectivity index (χ3n) is 4.52. The number of aromatic nitrogens is 1. The van der Waals surface area contributed by atoms with Crippen LogP contribution in [0.25, 0.3) is 11.3 Å². The number of hydrogen-bond donors (Lipinski definition) is 1. The molecule has 0 unspecified atom stereocenters. The normalized spacial score (nSPS) is 10.5. The van der Waals surface area contributed by atoms with Gasteiger partial charge in [-0.15, -0.1) is 11.3 Å². The zero-order chi connectivity index (χ0) is 21.8. The lowest BCUT2D eigenvalue weighted by atomic mass is 10.0. The van der Waals surface area contributed by atoms with Crippen molar-refractivity contribution < 1.29 is 18.8 Å². The molecule has 0 aliphatic carbocycles. The molecule has 1 aromatic heterocycles. The summed E-state index contributed by atoms with van der Waals surface area (Å²) in [5.41, 5.74) is 2.21. The average molecular weight is 430 g/mol. The Balaban J connectivity index is 1.43. The van der Waals surface area contributed by atoms with Crippen LogP contribution < -0.4 is 5.32 Å². The molecule has 4 rings (SSSR count). The molecule has 0 fully saturated rings. The molecular weight excluding hydrogens is 415 g/mol. The summed E-state index contributed by atoms with van der Waals surface area (Å²) < 4.78 is 13.1. The first-order valence-corrected chi connectivity index (χ1v) is 10.2. The van der Waals surface area contributed by atoms with E-state index in [2.05, 4.69) is 10.3 Å². The zero-order valence-corrected chi connectivity index (χ0v) is 16.9. The fourth-order valence-corrected chi connectivity index (χ4v) is 3.59. The molecule has 152 valence electrons. The van der Waals surface area contributed by atoms with E-state index in [0.717, 1.165) is 5.56 Å². The standard InChI is InChI=1S/C24H15FN2O3S/c25-19-12-10-15(11-13-19)20-14-31-24(26-20)27-23(30)18-8-6-17(7-9-18)22(29)21(28)16-4-2-1-3-5-16/h1-14H,(H,26,27,30). The number of anilines is 1. The minimum atomic E-state index is -0.637. The molecule has 4 aromatic rings. The lowest BCUT2D eigenvalue weighted by Gasteiger charge is -2.04. The first kappa shape index (κ1) is 20.3. The van der Waals surface area contributed by atoms with E-state index in [-0.39, 0.29) is 11.4 Å². The Kier molecular flexibility index (Phi) is 5.77. The summed E-state index contributed by atoms with van der Waals surface area (Å²) in [5, 5.41) is 4.86. The molecule has 3 aromatic carbocycles. The highest BCUT2D eigenvalue weighted by Crippen LogP contribution is 2.25. The van der Waals surface area contributed by atoms with Gasteiger partial charge in [0.05, 0.1) is 5.69 Å². The number of benzene rings is 3. The van der Waals surface area contributed by atoms with Crippen LogP contribution in [0.5, 0.6) is 0 Å². The van der Waals surface area contributed by atoms with Crippen molar-refractivity contribution in [3.05, 3.63) is 107 Å². The summed E-state index contributed by atoms with van der Waals surface area (Å²) in [7, 11) is 0. The van der Waals surface area contributed by atoms with E-state index in [1.54, 1.807) is 47.8 Å². The van der Waals surface area contributed by atoms with Crippen LogP contribution in [-0.4, -0.2) is 22.5 Å². The van der Waals surface area contributed by atoms with Gasteiger partial charge in [0.1, 0.15) is 5.82 Å². The molecule has 1 amide bonds. The topological polar surface area (TPSA) is 76.1 Å². The Labute approximate surface area is 181 Å². The highest BCUT2D eigenvalue weighted by molar-refractivity contribution is 7.14. The maximum atomic E-state index is 13.1. The second kappa shape index (κ2) is 8.81. The smallest absolute Gasteiger partial charge is 0.257 e. The van der Waals surface area contributed by atoms with Gasteiger partial charge in [-0.05, 0) is 36.4 Å². The number of rotatable bonds is 6. The second-order valence-corrected chi connectivity index (χ2v) is 7.46. The first-order chi connectivity index (χ1) is 15.0. The lowest BCUT2D eigenvalue weighted by molar-refractivity contribution is 0.0817. The van der Waals surface area contributed by atoms with Gasteiger partial charge in [-0.1, -0.05) is 42.5 Å². The van der Waals surface area contributed by atoms with Gasteiger partial charge >= 0.3 is 0 Å². The van der Waals surface area contributed by atoms with E-state index in [0.29, 0.717) is 22.0 Å². The van der Waals surface area contributed by atoms with Crippen molar-refractivity contribution in [2.24, 2.45) is 0 Å². The second-order valence-electron chi connectivity index (χ2n) is 6.60. The van der Waals surface area contributed by atoms with E-state index in [4.69, 9.17) is 0 Å². The molecule has 0 aliphatic heterocycles. The number of ketones is 2. The number of carbonyl (C=O) groups excluding carboxylic acids is 3. The number of thiazole rings is 1. The SMILES string of the molecule is O=C(Nc1nc(-c2ccc(F)cc2)cs1)c1ccc(C(=O)C(=O)c2ccccc2)cc1.